The largest absolute Gasteiger partial charge is 0.494 e. The van der Waals surface area contributed by atoms with Crippen molar-refractivity contribution in [3.05, 3.63) is 60.3 Å². The molecule has 0 aliphatic carbocycles. The molecule has 1 aromatic carbocycles. The van der Waals surface area contributed by atoms with Crippen molar-refractivity contribution in [2.45, 2.75) is 32.1 Å². The molecule has 2 aromatic heterocycles. The lowest BCUT2D eigenvalue weighted by atomic mass is 10.1. The number of halogens is 1. The first kappa shape index (κ1) is 20.7. The van der Waals surface area contributed by atoms with E-state index < -0.39 is 11.8 Å². The zero-order valence-electron chi connectivity index (χ0n) is 16.8. The summed E-state index contributed by atoms with van der Waals surface area (Å²) in [6.45, 7) is 5.81. The number of rotatable bonds is 8. The van der Waals surface area contributed by atoms with Gasteiger partial charge in [-0.05, 0) is 25.0 Å². The zero-order chi connectivity index (χ0) is 21.8. The number of nitrogens with zero attached hydrogens (tertiary/aromatic N) is 4. The summed E-state index contributed by atoms with van der Waals surface area (Å²) < 4.78 is 25.2. The second-order valence-electron chi connectivity index (χ2n) is 7.23. The van der Waals surface area contributed by atoms with Gasteiger partial charge in [0.05, 0.1) is 23.9 Å². The third-order valence-electron chi connectivity index (χ3n) is 5.04. The summed E-state index contributed by atoms with van der Waals surface area (Å²) in [5.74, 6) is -0.190. The van der Waals surface area contributed by atoms with Gasteiger partial charge in [0, 0.05) is 25.4 Å². The minimum atomic E-state index is -1.18. The van der Waals surface area contributed by atoms with Crippen LogP contribution in [0.15, 0.2) is 37.2 Å². The lowest BCUT2D eigenvalue weighted by Crippen LogP contribution is -2.38. The molecule has 10 heteroatoms. The van der Waals surface area contributed by atoms with Crippen LogP contribution in [0, 0.1) is 5.82 Å². The van der Waals surface area contributed by atoms with Crippen molar-refractivity contribution < 1.29 is 23.8 Å². The van der Waals surface area contributed by atoms with Gasteiger partial charge in [0.2, 0.25) is 5.88 Å². The van der Waals surface area contributed by atoms with Crippen molar-refractivity contribution in [1.82, 2.24) is 24.8 Å². The van der Waals surface area contributed by atoms with E-state index in [9.17, 15) is 9.18 Å². The number of fused-ring (bicyclic) bond motifs is 1. The van der Waals surface area contributed by atoms with Crippen LogP contribution in [0.1, 0.15) is 34.8 Å². The molecule has 1 saturated heterocycles. The monoisotopic (exact) mass is 427 g/mol. The van der Waals surface area contributed by atoms with Gasteiger partial charge < -0.3 is 19.6 Å². The highest BCUT2D eigenvalue weighted by molar-refractivity contribution is 5.92. The number of piperidine rings is 1. The molecule has 9 nitrogen and oxygen atoms in total. The molecule has 0 amide bonds. The van der Waals surface area contributed by atoms with E-state index in [4.69, 9.17) is 14.6 Å². The average Bonchev–Trinajstić information content (AvgIpc) is 3.17. The second-order valence-corrected chi connectivity index (χ2v) is 7.23. The first-order chi connectivity index (χ1) is 15.0. The van der Waals surface area contributed by atoms with E-state index in [1.165, 1.54) is 12.3 Å². The van der Waals surface area contributed by atoms with Gasteiger partial charge in [-0.1, -0.05) is 6.58 Å². The SMILES string of the molecule is C=COCc1nccc(OC2CCN(Cc3nc4c(F)cc(C(=O)O)cc4[nH]3)CC2)n1. The number of hydrogen-bond acceptors (Lipinski definition) is 7. The van der Waals surface area contributed by atoms with E-state index in [-0.39, 0.29) is 23.8 Å². The maximum atomic E-state index is 14.2. The van der Waals surface area contributed by atoms with Gasteiger partial charge in [-0.2, -0.15) is 4.98 Å². The summed E-state index contributed by atoms with van der Waals surface area (Å²) >= 11 is 0. The van der Waals surface area contributed by atoms with E-state index in [2.05, 4.69) is 31.4 Å². The first-order valence-corrected chi connectivity index (χ1v) is 9.86. The van der Waals surface area contributed by atoms with Crippen LogP contribution in [0.4, 0.5) is 4.39 Å². The lowest BCUT2D eigenvalue weighted by molar-refractivity contribution is 0.0696. The molecule has 1 aliphatic rings. The molecule has 2 N–H and O–H groups in total. The molecule has 3 aromatic rings. The molecule has 1 aliphatic heterocycles. The number of hydrogen-bond donors (Lipinski definition) is 2. The summed E-state index contributed by atoms with van der Waals surface area (Å²) in [6.07, 6.45) is 4.62. The highest BCUT2D eigenvalue weighted by atomic mass is 19.1. The van der Waals surface area contributed by atoms with Crippen LogP contribution in [0.25, 0.3) is 11.0 Å². The van der Waals surface area contributed by atoms with Crippen molar-refractivity contribution in [3.8, 4) is 5.88 Å². The standard InChI is InChI=1S/C21H22FN5O4/c1-2-30-12-18-23-6-3-19(25-18)31-14-4-7-27(8-5-14)11-17-24-16-10-13(21(28)29)9-15(22)20(16)26-17/h2-3,6,9-10,14H,1,4-5,7-8,11-12H2,(H,24,26)(H,28,29). The second kappa shape index (κ2) is 9.09. The number of carbonyl (C=O) groups is 1. The van der Waals surface area contributed by atoms with Gasteiger partial charge in [0.25, 0.3) is 0 Å². The number of aromatic nitrogens is 4. The predicted octanol–water partition coefficient (Wildman–Crippen LogP) is 2.89. The van der Waals surface area contributed by atoms with Gasteiger partial charge in [0.1, 0.15) is 24.1 Å². The number of benzene rings is 1. The number of ether oxygens (including phenoxy) is 2. The molecule has 0 spiro atoms. The van der Waals surface area contributed by atoms with Crippen LogP contribution in [-0.2, 0) is 17.9 Å². The normalized spacial score (nSPS) is 15.1. The summed E-state index contributed by atoms with van der Waals surface area (Å²) in [4.78, 5) is 29.1. The third kappa shape index (κ3) is 4.97. The quantitative estimate of drug-likeness (QED) is 0.528. The Labute approximate surface area is 177 Å². The van der Waals surface area contributed by atoms with Crippen molar-refractivity contribution in [1.29, 1.82) is 0 Å². The van der Waals surface area contributed by atoms with Crippen LogP contribution < -0.4 is 4.74 Å². The molecule has 0 saturated carbocycles. The first-order valence-electron chi connectivity index (χ1n) is 9.86. The van der Waals surface area contributed by atoms with Crippen molar-refractivity contribution in [2.24, 2.45) is 0 Å². The topological polar surface area (TPSA) is 113 Å². The smallest absolute Gasteiger partial charge is 0.335 e. The molecule has 0 radical (unpaired) electrons. The van der Waals surface area contributed by atoms with Crippen LogP contribution >= 0.6 is 0 Å². The summed E-state index contributed by atoms with van der Waals surface area (Å²) in [5.41, 5.74) is 0.422. The number of carboxylic acids is 1. The highest BCUT2D eigenvalue weighted by Crippen LogP contribution is 2.21. The number of aromatic amines is 1. The lowest BCUT2D eigenvalue weighted by Gasteiger charge is -2.31. The Balaban J connectivity index is 1.34. The van der Waals surface area contributed by atoms with Crippen molar-refractivity contribution >= 4 is 17.0 Å². The average molecular weight is 427 g/mol. The summed E-state index contributed by atoms with van der Waals surface area (Å²) in [5, 5.41) is 9.08. The van der Waals surface area contributed by atoms with E-state index >= 15 is 0 Å². The molecule has 0 bridgehead atoms. The minimum Gasteiger partial charge on any atom is -0.494 e. The number of carboxylic acid groups (broad SMARTS) is 1. The van der Waals surface area contributed by atoms with Crippen molar-refractivity contribution in [2.75, 3.05) is 13.1 Å². The van der Waals surface area contributed by atoms with Crippen LogP contribution in [-0.4, -0.2) is 55.1 Å². The van der Waals surface area contributed by atoms with E-state index in [1.54, 1.807) is 12.3 Å². The van der Waals surface area contributed by atoms with E-state index in [0.29, 0.717) is 29.6 Å². The van der Waals surface area contributed by atoms with Crippen LogP contribution in [0.3, 0.4) is 0 Å². The highest BCUT2D eigenvalue weighted by Gasteiger charge is 2.22. The Morgan fingerprint density at radius 3 is 2.90 bits per heavy atom. The van der Waals surface area contributed by atoms with Gasteiger partial charge >= 0.3 is 5.97 Å². The Hall–Kier alpha value is -3.53. The molecule has 31 heavy (non-hydrogen) atoms. The van der Waals surface area contributed by atoms with Crippen LogP contribution in [0.2, 0.25) is 0 Å². The molecular formula is C21H22FN5O4. The number of imidazole rings is 1. The zero-order valence-corrected chi connectivity index (χ0v) is 16.8. The molecule has 0 atom stereocenters. The molecule has 0 unspecified atom stereocenters. The van der Waals surface area contributed by atoms with Crippen LogP contribution in [0.5, 0.6) is 5.88 Å². The molecule has 4 rings (SSSR count). The Morgan fingerprint density at radius 1 is 1.35 bits per heavy atom. The van der Waals surface area contributed by atoms with Gasteiger partial charge in [-0.25, -0.2) is 19.2 Å². The predicted molar refractivity (Wildman–Crippen MR) is 109 cm³/mol. The maximum Gasteiger partial charge on any atom is 0.335 e. The molecule has 1 fully saturated rings. The summed E-state index contributed by atoms with van der Waals surface area (Å²) in [6, 6.07) is 4.10. The fraction of sp³-hybridized carbons (Fsp3) is 0.333. The van der Waals surface area contributed by atoms with Gasteiger partial charge in [-0.3, -0.25) is 4.90 Å². The van der Waals surface area contributed by atoms with Crippen molar-refractivity contribution in [3.63, 3.8) is 0 Å². The minimum absolute atomic E-state index is 0.0329. The van der Waals surface area contributed by atoms with Gasteiger partial charge in [0.15, 0.2) is 11.6 Å². The molecular weight excluding hydrogens is 405 g/mol. The van der Waals surface area contributed by atoms with Gasteiger partial charge in [-0.15, -0.1) is 0 Å². The van der Waals surface area contributed by atoms with E-state index in [1.807, 2.05) is 0 Å². The number of likely N-dealkylation sites (tertiary alicyclic amines) is 1. The van der Waals surface area contributed by atoms with E-state index in [0.717, 1.165) is 32.0 Å². The fourth-order valence-corrected chi connectivity index (χ4v) is 3.54. The Morgan fingerprint density at radius 2 is 2.16 bits per heavy atom. The maximum absolute atomic E-state index is 14.2. The third-order valence-corrected chi connectivity index (χ3v) is 5.04. The number of aromatic carboxylic acids is 1. The fourth-order valence-electron chi connectivity index (χ4n) is 3.54. The Kier molecular flexibility index (Phi) is 6.08. The Bertz CT molecular complexity index is 1090. The molecule has 3 heterocycles. The number of nitrogens with one attached hydrogen (secondary N) is 1. The summed E-state index contributed by atoms with van der Waals surface area (Å²) in [7, 11) is 0. The molecule has 162 valence electrons. The number of H-pyrrole nitrogens is 1.